The zero-order valence-electron chi connectivity index (χ0n) is 13.4. The number of hydrogen-bond donors (Lipinski definition) is 1. The molecule has 0 aliphatic rings. The molecule has 0 aliphatic carbocycles. The molecule has 0 heterocycles. The van der Waals surface area contributed by atoms with E-state index in [9.17, 15) is 13.2 Å². The van der Waals surface area contributed by atoms with Crippen LogP contribution in [0.1, 0.15) is 22.7 Å². The van der Waals surface area contributed by atoms with Crippen molar-refractivity contribution < 1.29 is 13.2 Å². The van der Waals surface area contributed by atoms with Gasteiger partial charge >= 0.3 is 6.18 Å². The van der Waals surface area contributed by atoms with Gasteiger partial charge in [0.25, 0.3) is 0 Å². The SMILES string of the molecule is CN(C)C(CNc1ccc(C#N)cc1C(F)(F)F)c1ccccc1. The molecule has 1 unspecified atom stereocenters. The van der Waals surface area contributed by atoms with E-state index in [-0.39, 0.29) is 17.3 Å². The Balaban J connectivity index is 2.26. The molecular weight excluding hydrogens is 315 g/mol. The molecule has 24 heavy (non-hydrogen) atoms. The van der Waals surface area contributed by atoms with Gasteiger partial charge in [0.05, 0.1) is 23.2 Å². The highest BCUT2D eigenvalue weighted by Crippen LogP contribution is 2.35. The first-order valence-corrected chi connectivity index (χ1v) is 7.39. The average molecular weight is 333 g/mol. The van der Waals surface area contributed by atoms with E-state index >= 15 is 0 Å². The lowest BCUT2D eigenvalue weighted by molar-refractivity contribution is -0.137. The number of hydrogen-bond acceptors (Lipinski definition) is 3. The molecule has 0 amide bonds. The summed E-state index contributed by atoms with van der Waals surface area (Å²) in [6.07, 6.45) is -4.52. The fourth-order valence-corrected chi connectivity index (χ4v) is 2.48. The summed E-state index contributed by atoms with van der Waals surface area (Å²) in [6.45, 7) is 0.312. The van der Waals surface area contributed by atoms with Crippen molar-refractivity contribution >= 4 is 5.69 Å². The molecule has 6 heteroatoms. The molecule has 2 rings (SSSR count). The summed E-state index contributed by atoms with van der Waals surface area (Å²) in [4.78, 5) is 1.94. The zero-order chi connectivity index (χ0) is 17.7. The van der Waals surface area contributed by atoms with Crippen LogP contribution >= 0.6 is 0 Å². The van der Waals surface area contributed by atoms with Gasteiger partial charge in [0.2, 0.25) is 0 Å². The second-order valence-electron chi connectivity index (χ2n) is 5.64. The van der Waals surface area contributed by atoms with Gasteiger partial charge in [0.15, 0.2) is 0 Å². The van der Waals surface area contributed by atoms with Crippen molar-refractivity contribution in [2.24, 2.45) is 0 Å². The van der Waals surface area contributed by atoms with Crippen LogP contribution in [0.5, 0.6) is 0 Å². The van der Waals surface area contributed by atoms with Crippen molar-refractivity contribution in [3.63, 3.8) is 0 Å². The van der Waals surface area contributed by atoms with E-state index in [1.54, 1.807) is 6.07 Å². The van der Waals surface area contributed by atoms with Crippen molar-refractivity contribution in [2.45, 2.75) is 12.2 Å². The van der Waals surface area contributed by atoms with Gasteiger partial charge in [0, 0.05) is 12.2 Å². The minimum atomic E-state index is -4.52. The lowest BCUT2D eigenvalue weighted by Gasteiger charge is -2.26. The number of anilines is 1. The highest BCUT2D eigenvalue weighted by Gasteiger charge is 2.34. The van der Waals surface area contributed by atoms with Crippen LogP contribution in [0, 0.1) is 11.3 Å². The molecule has 0 saturated carbocycles. The number of benzene rings is 2. The fourth-order valence-electron chi connectivity index (χ4n) is 2.48. The Morgan fingerprint density at radius 2 is 1.79 bits per heavy atom. The summed E-state index contributed by atoms with van der Waals surface area (Å²) in [6, 6.07) is 14.8. The van der Waals surface area contributed by atoms with E-state index in [4.69, 9.17) is 5.26 Å². The van der Waals surface area contributed by atoms with Crippen molar-refractivity contribution in [3.05, 3.63) is 65.2 Å². The monoisotopic (exact) mass is 333 g/mol. The van der Waals surface area contributed by atoms with Gasteiger partial charge in [0.1, 0.15) is 0 Å². The molecule has 0 aromatic heterocycles. The quantitative estimate of drug-likeness (QED) is 0.887. The van der Waals surface area contributed by atoms with Crippen LogP contribution in [0.25, 0.3) is 0 Å². The van der Waals surface area contributed by atoms with Crippen LogP contribution in [0.2, 0.25) is 0 Å². The Morgan fingerprint density at radius 3 is 2.33 bits per heavy atom. The molecule has 1 atom stereocenters. The molecular formula is C18H18F3N3. The van der Waals surface area contributed by atoms with Gasteiger partial charge in [-0.1, -0.05) is 30.3 Å². The van der Waals surface area contributed by atoms with Crippen molar-refractivity contribution in [1.29, 1.82) is 5.26 Å². The van der Waals surface area contributed by atoms with Crippen LogP contribution in [-0.2, 0) is 6.18 Å². The number of alkyl halides is 3. The third kappa shape index (κ3) is 4.27. The highest BCUT2D eigenvalue weighted by molar-refractivity contribution is 5.56. The summed E-state index contributed by atoms with van der Waals surface area (Å²) in [5.41, 5.74) is 0.147. The molecule has 0 aliphatic heterocycles. The molecule has 0 spiro atoms. The third-order valence-corrected chi connectivity index (χ3v) is 3.75. The van der Waals surface area contributed by atoms with E-state index in [0.717, 1.165) is 11.6 Å². The Morgan fingerprint density at radius 1 is 1.12 bits per heavy atom. The summed E-state index contributed by atoms with van der Waals surface area (Å²) in [5.74, 6) is 0. The lowest BCUT2D eigenvalue weighted by atomic mass is 10.0. The second-order valence-corrected chi connectivity index (χ2v) is 5.64. The van der Waals surface area contributed by atoms with Crippen LogP contribution in [0.4, 0.5) is 18.9 Å². The third-order valence-electron chi connectivity index (χ3n) is 3.75. The summed E-state index contributed by atoms with van der Waals surface area (Å²) in [5, 5.41) is 11.7. The first-order valence-electron chi connectivity index (χ1n) is 7.39. The number of nitriles is 1. The maximum Gasteiger partial charge on any atom is 0.418 e. The molecule has 2 aromatic carbocycles. The van der Waals surface area contributed by atoms with Crippen LogP contribution in [-0.4, -0.2) is 25.5 Å². The van der Waals surface area contributed by atoms with Gasteiger partial charge < -0.3 is 10.2 Å². The molecule has 1 N–H and O–H groups in total. The smallest absolute Gasteiger partial charge is 0.383 e. The molecule has 0 bridgehead atoms. The van der Waals surface area contributed by atoms with E-state index in [1.165, 1.54) is 12.1 Å². The maximum atomic E-state index is 13.2. The van der Waals surface area contributed by atoms with E-state index in [2.05, 4.69) is 5.32 Å². The fraction of sp³-hybridized carbons (Fsp3) is 0.278. The predicted molar refractivity (Wildman–Crippen MR) is 87.5 cm³/mol. The van der Waals surface area contributed by atoms with Gasteiger partial charge in [-0.05, 0) is 37.9 Å². The second kappa shape index (κ2) is 7.37. The van der Waals surface area contributed by atoms with Gasteiger partial charge in [-0.25, -0.2) is 0 Å². The Hall–Kier alpha value is -2.52. The van der Waals surface area contributed by atoms with Crippen LogP contribution in [0.15, 0.2) is 48.5 Å². The van der Waals surface area contributed by atoms with E-state index < -0.39 is 11.7 Å². The predicted octanol–water partition coefficient (Wildman–Crippen LogP) is 4.29. The normalized spacial score (nSPS) is 12.7. The Kier molecular flexibility index (Phi) is 5.47. The molecule has 0 saturated heterocycles. The van der Waals surface area contributed by atoms with Crippen LogP contribution < -0.4 is 5.32 Å². The lowest BCUT2D eigenvalue weighted by Crippen LogP contribution is -2.27. The van der Waals surface area contributed by atoms with E-state index in [1.807, 2.05) is 49.3 Å². The summed E-state index contributed by atoms with van der Waals surface area (Å²) >= 11 is 0. The standard InChI is InChI=1S/C18H18F3N3/c1-24(2)17(14-6-4-3-5-7-14)12-23-16-9-8-13(11-22)10-15(16)18(19,20)21/h3-10,17,23H,12H2,1-2H3. The largest absolute Gasteiger partial charge is 0.418 e. The number of nitrogens with one attached hydrogen (secondary N) is 1. The van der Waals surface area contributed by atoms with Gasteiger partial charge in [-0.2, -0.15) is 18.4 Å². The first kappa shape index (κ1) is 17.8. The number of halogens is 3. The van der Waals surface area contributed by atoms with Crippen molar-refractivity contribution in [2.75, 3.05) is 26.0 Å². The minimum absolute atomic E-state index is 0.0138. The van der Waals surface area contributed by atoms with Gasteiger partial charge in [-0.15, -0.1) is 0 Å². The van der Waals surface area contributed by atoms with Crippen molar-refractivity contribution in [3.8, 4) is 6.07 Å². The Labute approximate surface area is 139 Å². The molecule has 0 radical (unpaired) electrons. The van der Waals surface area contributed by atoms with Gasteiger partial charge in [-0.3, -0.25) is 0 Å². The first-order chi connectivity index (χ1) is 11.3. The maximum absolute atomic E-state index is 13.2. The van der Waals surface area contributed by atoms with Crippen LogP contribution in [0.3, 0.4) is 0 Å². The number of nitrogens with zero attached hydrogens (tertiary/aromatic N) is 2. The molecule has 0 fully saturated rings. The topological polar surface area (TPSA) is 39.1 Å². The number of rotatable bonds is 5. The number of likely N-dealkylation sites (N-methyl/N-ethyl adjacent to an activating group) is 1. The minimum Gasteiger partial charge on any atom is -0.383 e. The molecule has 126 valence electrons. The molecule has 3 nitrogen and oxygen atoms in total. The molecule has 2 aromatic rings. The summed E-state index contributed by atoms with van der Waals surface area (Å²) < 4.78 is 39.6. The summed E-state index contributed by atoms with van der Waals surface area (Å²) in [7, 11) is 3.76. The average Bonchev–Trinajstić information content (AvgIpc) is 2.55. The zero-order valence-corrected chi connectivity index (χ0v) is 13.4. The highest BCUT2D eigenvalue weighted by atomic mass is 19.4. The van der Waals surface area contributed by atoms with E-state index in [0.29, 0.717) is 6.54 Å². The van der Waals surface area contributed by atoms with Crippen molar-refractivity contribution in [1.82, 2.24) is 4.90 Å². The Bertz CT molecular complexity index is 719.